The highest BCUT2D eigenvalue weighted by Crippen LogP contribution is 2.19. The maximum atomic E-state index is 10.6. The summed E-state index contributed by atoms with van der Waals surface area (Å²) in [5.41, 5.74) is 7.29. The fraction of sp³-hybridized carbons (Fsp3) is 0.273. The predicted molar refractivity (Wildman–Crippen MR) is 60.5 cm³/mol. The first-order valence-electron chi connectivity index (χ1n) is 4.69. The molecule has 15 heavy (non-hydrogen) atoms. The smallest absolute Gasteiger partial charge is 0.272 e. The summed E-state index contributed by atoms with van der Waals surface area (Å²) in [5.74, 6) is 0. The molecule has 4 heteroatoms. The molecule has 0 aliphatic carbocycles. The number of nitrogens with two attached hydrogens (primary N) is 1. The first-order chi connectivity index (χ1) is 7.00. The van der Waals surface area contributed by atoms with Crippen molar-refractivity contribution in [3.8, 4) is 0 Å². The molecule has 0 fully saturated rings. The van der Waals surface area contributed by atoms with Gasteiger partial charge in [0.25, 0.3) is 5.69 Å². The van der Waals surface area contributed by atoms with Crippen molar-refractivity contribution in [3.05, 3.63) is 45.5 Å². The average molecular weight is 206 g/mol. The molecule has 0 bridgehead atoms. The van der Waals surface area contributed by atoms with E-state index in [0.717, 1.165) is 5.56 Å². The minimum absolute atomic E-state index is 0.0134. The van der Waals surface area contributed by atoms with Crippen LogP contribution >= 0.6 is 0 Å². The van der Waals surface area contributed by atoms with E-state index in [1.165, 1.54) is 6.07 Å². The fourth-order valence-corrected chi connectivity index (χ4v) is 1.25. The van der Waals surface area contributed by atoms with Crippen LogP contribution < -0.4 is 5.73 Å². The van der Waals surface area contributed by atoms with Crippen LogP contribution in [0, 0.1) is 17.0 Å². The zero-order valence-corrected chi connectivity index (χ0v) is 8.81. The second-order valence-corrected chi connectivity index (χ2v) is 3.52. The van der Waals surface area contributed by atoms with Crippen LogP contribution in [-0.2, 0) is 0 Å². The lowest BCUT2D eigenvalue weighted by molar-refractivity contribution is -0.385. The molecule has 1 aromatic carbocycles. The van der Waals surface area contributed by atoms with Gasteiger partial charge in [0.2, 0.25) is 0 Å². The van der Waals surface area contributed by atoms with E-state index >= 15 is 0 Å². The summed E-state index contributed by atoms with van der Waals surface area (Å²) < 4.78 is 0. The number of nitrogens with zero attached hydrogens (tertiary/aromatic N) is 1. The third kappa shape index (κ3) is 3.18. The number of aryl methyl sites for hydroxylation is 1. The molecule has 0 aliphatic heterocycles. The van der Waals surface area contributed by atoms with Gasteiger partial charge in [-0.2, -0.15) is 0 Å². The summed E-state index contributed by atoms with van der Waals surface area (Å²) in [5, 5.41) is 10.6. The van der Waals surface area contributed by atoms with Crippen molar-refractivity contribution in [1.29, 1.82) is 0 Å². The quantitative estimate of drug-likeness (QED) is 0.609. The zero-order valence-electron chi connectivity index (χ0n) is 8.81. The Kier molecular flexibility index (Phi) is 3.57. The van der Waals surface area contributed by atoms with Gasteiger partial charge in [-0.15, -0.1) is 0 Å². The van der Waals surface area contributed by atoms with E-state index in [-0.39, 0.29) is 16.7 Å². The fourth-order valence-electron chi connectivity index (χ4n) is 1.25. The van der Waals surface area contributed by atoms with Gasteiger partial charge in [-0.1, -0.05) is 12.2 Å². The van der Waals surface area contributed by atoms with Crippen molar-refractivity contribution in [2.45, 2.75) is 19.9 Å². The van der Waals surface area contributed by atoms with E-state index in [2.05, 4.69) is 0 Å². The van der Waals surface area contributed by atoms with Crippen LogP contribution in [0.3, 0.4) is 0 Å². The number of hydrogen-bond donors (Lipinski definition) is 1. The van der Waals surface area contributed by atoms with Crippen LogP contribution in [-0.4, -0.2) is 11.0 Å². The summed E-state index contributed by atoms with van der Waals surface area (Å²) >= 11 is 0. The van der Waals surface area contributed by atoms with Crippen LogP contribution in [0.4, 0.5) is 5.69 Å². The molecule has 80 valence electrons. The van der Waals surface area contributed by atoms with Crippen LogP contribution in [0.5, 0.6) is 0 Å². The Balaban J connectivity index is 2.97. The summed E-state index contributed by atoms with van der Waals surface area (Å²) in [6.45, 7) is 3.59. The SMILES string of the molecule is Cc1cc(/C=C/C(C)N)ccc1[N+](=O)[O-]. The highest BCUT2D eigenvalue weighted by atomic mass is 16.6. The van der Waals surface area contributed by atoms with Crippen LogP contribution in [0.1, 0.15) is 18.1 Å². The van der Waals surface area contributed by atoms with Crippen molar-refractivity contribution < 1.29 is 4.92 Å². The molecule has 4 nitrogen and oxygen atoms in total. The van der Waals surface area contributed by atoms with Gasteiger partial charge in [0.05, 0.1) is 4.92 Å². The van der Waals surface area contributed by atoms with E-state index in [1.807, 2.05) is 19.1 Å². The maximum Gasteiger partial charge on any atom is 0.272 e. The predicted octanol–water partition coefficient (Wildman–Crippen LogP) is 2.26. The van der Waals surface area contributed by atoms with Gasteiger partial charge in [-0.05, 0) is 31.5 Å². The van der Waals surface area contributed by atoms with Crippen molar-refractivity contribution in [1.82, 2.24) is 0 Å². The zero-order chi connectivity index (χ0) is 11.4. The number of rotatable bonds is 3. The molecular formula is C11H14N2O2. The van der Waals surface area contributed by atoms with Gasteiger partial charge in [0, 0.05) is 17.7 Å². The van der Waals surface area contributed by atoms with E-state index in [4.69, 9.17) is 5.73 Å². The normalized spacial score (nSPS) is 13.0. The summed E-state index contributed by atoms with van der Waals surface area (Å²) in [7, 11) is 0. The third-order valence-corrected chi connectivity index (χ3v) is 2.01. The molecule has 1 rings (SSSR count). The van der Waals surface area contributed by atoms with Gasteiger partial charge < -0.3 is 5.73 Å². The molecule has 0 saturated heterocycles. The second kappa shape index (κ2) is 4.70. The average Bonchev–Trinajstić information content (AvgIpc) is 2.14. The molecular weight excluding hydrogens is 192 g/mol. The van der Waals surface area contributed by atoms with Crippen LogP contribution in [0.2, 0.25) is 0 Å². The summed E-state index contributed by atoms with van der Waals surface area (Å²) in [4.78, 5) is 10.2. The number of nitro groups is 1. The van der Waals surface area contributed by atoms with Crippen molar-refractivity contribution in [3.63, 3.8) is 0 Å². The lowest BCUT2D eigenvalue weighted by Crippen LogP contribution is -2.09. The van der Waals surface area contributed by atoms with Crippen molar-refractivity contribution >= 4 is 11.8 Å². The van der Waals surface area contributed by atoms with E-state index in [1.54, 1.807) is 19.1 Å². The molecule has 0 radical (unpaired) electrons. The van der Waals surface area contributed by atoms with Gasteiger partial charge >= 0.3 is 0 Å². The van der Waals surface area contributed by atoms with Crippen LogP contribution in [0.25, 0.3) is 6.08 Å². The standard InChI is InChI=1S/C11H14N2O2/c1-8-7-10(4-3-9(2)12)5-6-11(8)13(14)15/h3-7,9H,12H2,1-2H3/b4-3+. The highest BCUT2D eigenvalue weighted by Gasteiger charge is 2.08. The second-order valence-electron chi connectivity index (χ2n) is 3.52. The Morgan fingerprint density at radius 3 is 2.67 bits per heavy atom. The lowest BCUT2D eigenvalue weighted by atomic mass is 10.1. The Bertz CT molecular complexity index is 398. The van der Waals surface area contributed by atoms with Gasteiger partial charge in [0.15, 0.2) is 0 Å². The molecule has 0 heterocycles. The maximum absolute atomic E-state index is 10.6. The van der Waals surface area contributed by atoms with E-state index < -0.39 is 0 Å². The van der Waals surface area contributed by atoms with Gasteiger partial charge in [-0.25, -0.2) is 0 Å². The topological polar surface area (TPSA) is 69.2 Å². The van der Waals surface area contributed by atoms with Crippen LogP contribution in [0.15, 0.2) is 24.3 Å². The molecule has 0 amide bonds. The summed E-state index contributed by atoms with van der Waals surface area (Å²) in [6.07, 6.45) is 3.71. The molecule has 1 aromatic rings. The molecule has 0 saturated carbocycles. The van der Waals surface area contributed by atoms with E-state index in [9.17, 15) is 10.1 Å². The molecule has 0 aromatic heterocycles. The number of hydrogen-bond acceptors (Lipinski definition) is 3. The Hall–Kier alpha value is -1.68. The van der Waals surface area contributed by atoms with E-state index in [0.29, 0.717) is 5.56 Å². The summed E-state index contributed by atoms with van der Waals surface area (Å²) in [6, 6.07) is 4.98. The lowest BCUT2D eigenvalue weighted by Gasteiger charge is -1.99. The van der Waals surface area contributed by atoms with Crippen molar-refractivity contribution in [2.75, 3.05) is 0 Å². The third-order valence-electron chi connectivity index (χ3n) is 2.01. The van der Waals surface area contributed by atoms with Gasteiger partial charge in [0.1, 0.15) is 0 Å². The first-order valence-corrected chi connectivity index (χ1v) is 4.69. The highest BCUT2D eigenvalue weighted by molar-refractivity contribution is 5.55. The number of benzene rings is 1. The van der Waals surface area contributed by atoms with Crippen molar-refractivity contribution in [2.24, 2.45) is 5.73 Å². The molecule has 0 aliphatic rings. The number of nitro benzene ring substituents is 1. The molecule has 0 spiro atoms. The largest absolute Gasteiger partial charge is 0.325 e. The molecule has 1 unspecified atom stereocenters. The minimum atomic E-state index is -0.381. The Morgan fingerprint density at radius 1 is 1.53 bits per heavy atom. The monoisotopic (exact) mass is 206 g/mol. The van der Waals surface area contributed by atoms with Gasteiger partial charge in [-0.3, -0.25) is 10.1 Å². The first kappa shape index (κ1) is 11.4. The minimum Gasteiger partial charge on any atom is -0.325 e. The molecule has 2 N–H and O–H groups in total. The Labute approximate surface area is 88.6 Å². The Morgan fingerprint density at radius 2 is 2.20 bits per heavy atom. The molecule has 1 atom stereocenters.